The van der Waals surface area contributed by atoms with Crippen LogP contribution >= 0.6 is 22.7 Å². The Balaban J connectivity index is 1.51. The minimum absolute atomic E-state index is 0.0995. The van der Waals surface area contributed by atoms with Crippen molar-refractivity contribution in [1.82, 2.24) is 15.2 Å². The van der Waals surface area contributed by atoms with Crippen LogP contribution in [0.1, 0.15) is 35.5 Å². The Hall–Kier alpha value is -2.52. The van der Waals surface area contributed by atoms with E-state index in [1.54, 1.807) is 6.20 Å². The van der Waals surface area contributed by atoms with Gasteiger partial charge in [-0.15, -0.1) is 21.5 Å². The summed E-state index contributed by atoms with van der Waals surface area (Å²) in [4.78, 5) is 17.3. The highest BCUT2D eigenvalue weighted by Gasteiger charge is 2.21. The van der Waals surface area contributed by atoms with Crippen molar-refractivity contribution in [1.29, 1.82) is 0 Å². The molecule has 1 N–H and O–H groups in total. The maximum Gasteiger partial charge on any atom is 0.269 e. The second-order valence-electron chi connectivity index (χ2n) is 6.71. The molecular weight excluding hydrogens is 372 g/mol. The summed E-state index contributed by atoms with van der Waals surface area (Å²) in [6.45, 7) is 6.39. The number of nitrogens with one attached hydrogen (secondary N) is 1. The number of hydrogen-bond donors (Lipinski definition) is 1. The molecule has 4 rings (SSSR count). The Morgan fingerprint density at radius 3 is 2.73 bits per heavy atom. The van der Waals surface area contributed by atoms with E-state index in [0.29, 0.717) is 21.5 Å². The van der Waals surface area contributed by atoms with Gasteiger partial charge in [0.15, 0.2) is 11.5 Å². The molecule has 0 radical (unpaired) electrons. The molecular formula is C17H16N4O3S2. The molecule has 26 heavy (non-hydrogen) atoms. The zero-order chi connectivity index (χ0) is 18.3. The molecule has 0 unspecified atom stereocenters. The summed E-state index contributed by atoms with van der Waals surface area (Å²) in [6.07, 6.45) is 1.56. The highest BCUT2D eigenvalue weighted by molar-refractivity contribution is 7.17. The van der Waals surface area contributed by atoms with Crippen molar-refractivity contribution in [3.05, 3.63) is 34.3 Å². The number of nitrogens with zero attached hydrogens (tertiary/aromatic N) is 3. The van der Waals surface area contributed by atoms with Crippen molar-refractivity contribution in [2.75, 3.05) is 12.1 Å². The second kappa shape index (κ2) is 6.33. The molecule has 0 saturated heterocycles. The van der Waals surface area contributed by atoms with Gasteiger partial charge in [0, 0.05) is 11.0 Å². The summed E-state index contributed by atoms with van der Waals surface area (Å²) in [5.74, 6) is 1.16. The van der Waals surface area contributed by atoms with E-state index in [1.165, 1.54) is 22.7 Å². The van der Waals surface area contributed by atoms with Crippen LogP contribution < -0.4 is 14.8 Å². The molecule has 3 heterocycles. The van der Waals surface area contributed by atoms with Crippen LogP contribution in [-0.2, 0) is 5.41 Å². The number of thiazole rings is 1. The molecule has 0 saturated carbocycles. The van der Waals surface area contributed by atoms with Gasteiger partial charge < -0.3 is 9.47 Å². The zero-order valence-electron chi connectivity index (χ0n) is 14.4. The largest absolute Gasteiger partial charge is 0.454 e. The molecule has 2 aromatic heterocycles. The number of hydrogen-bond acceptors (Lipinski definition) is 8. The van der Waals surface area contributed by atoms with E-state index >= 15 is 0 Å². The second-order valence-corrected chi connectivity index (χ2v) is 8.72. The lowest BCUT2D eigenvalue weighted by Crippen LogP contribution is -2.10. The molecule has 7 nitrogen and oxygen atoms in total. The van der Waals surface area contributed by atoms with Gasteiger partial charge in [-0.3, -0.25) is 10.1 Å². The predicted molar refractivity (Wildman–Crippen MR) is 100 cm³/mol. The van der Waals surface area contributed by atoms with Crippen LogP contribution in [0.2, 0.25) is 0 Å². The number of benzene rings is 1. The Kier molecular flexibility index (Phi) is 4.12. The van der Waals surface area contributed by atoms with Crippen molar-refractivity contribution in [3.63, 3.8) is 0 Å². The molecule has 1 amide bonds. The predicted octanol–water partition coefficient (Wildman–Crippen LogP) is 3.94. The number of anilines is 1. The standard InChI is InChI=1S/C17H16N4O3S2/c1-17(2,3)15-20-21-16(26-15)19-13(22)12-7-18-14(25-12)9-4-5-10-11(6-9)24-8-23-10/h4-7H,8H2,1-3H3,(H,19,21,22). The molecule has 0 bridgehead atoms. The zero-order valence-corrected chi connectivity index (χ0v) is 16.0. The average Bonchev–Trinajstić information content (AvgIpc) is 3.33. The molecule has 0 fully saturated rings. The number of ether oxygens (including phenoxy) is 2. The SMILES string of the molecule is CC(C)(C)c1nnc(NC(=O)c2cnc(-c3ccc4c(c3)OCO4)s2)s1. The summed E-state index contributed by atoms with van der Waals surface area (Å²) in [5.41, 5.74) is 0.779. The summed E-state index contributed by atoms with van der Waals surface area (Å²) < 4.78 is 10.7. The lowest BCUT2D eigenvalue weighted by atomic mass is 9.98. The van der Waals surface area contributed by atoms with E-state index < -0.39 is 0 Å². The first-order valence-electron chi connectivity index (χ1n) is 7.91. The molecule has 134 valence electrons. The monoisotopic (exact) mass is 388 g/mol. The molecule has 0 atom stereocenters. The Bertz CT molecular complexity index is 975. The van der Waals surface area contributed by atoms with Gasteiger partial charge in [0.2, 0.25) is 11.9 Å². The fourth-order valence-electron chi connectivity index (χ4n) is 2.28. The summed E-state index contributed by atoms with van der Waals surface area (Å²) in [6, 6.07) is 5.60. The molecule has 0 spiro atoms. The Labute approximate surface area is 158 Å². The number of aromatic nitrogens is 3. The molecule has 1 aliphatic heterocycles. The van der Waals surface area contributed by atoms with Crippen LogP contribution in [0, 0.1) is 0 Å². The first-order chi connectivity index (χ1) is 12.4. The number of carbonyl (C=O) groups excluding carboxylic acids is 1. The summed E-state index contributed by atoms with van der Waals surface area (Å²) >= 11 is 2.69. The van der Waals surface area contributed by atoms with Crippen molar-refractivity contribution in [2.45, 2.75) is 26.2 Å². The van der Waals surface area contributed by atoms with Gasteiger partial charge in [-0.1, -0.05) is 32.1 Å². The average molecular weight is 388 g/mol. The van der Waals surface area contributed by atoms with E-state index in [0.717, 1.165) is 15.6 Å². The maximum absolute atomic E-state index is 12.5. The third-order valence-electron chi connectivity index (χ3n) is 3.64. The van der Waals surface area contributed by atoms with Crippen molar-refractivity contribution >= 4 is 33.7 Å². The summed E-state index contributed by atoms with van der Waals surface area (Å²) in [5, 5.41) is 13.1. The smallest absolute Gasteiger partial charge is 0.269 e. The fourth-order valence-corrected chi connectivity index (χ4v) is 3.88. The highest BCUT2D eigenvalue weighted by Crippen LogP contribution is 2.37. The van der Waals surface area contributed by atoms with Crippen LogP contribution in [0.15, 0.2) is 24.4 Å². The first kappa shape index (κ1) is 16.9. The maximum atomic E-state index is 12.5. The molecule has 9 heteroatoms. The van der Waals surface area contributed by atoms with Crippen LogP contribution in [0.3, 0.4) is 0 Å². The lowest BCUT2D eigenvalue weighted by Gasteiger charge is -2.12. The van der Waals surface area contributed by atoms with E-state index in [4.69, 9.17) is 9.47 Å². The van der Waals surface area contributed by atoms with Gasteiger partial charge in [-0.2, -0.15) is 0 Å². The van der Waals surface area contributed by atoms with Gasteiger partial charge in [0.05, 0.1) is 6.20 Å². The van der Waals surface area contributed by atoms with Crippen molar-refractivity contribution in [2.24, 2.45) is 0 Å². The van der Waals surface area contributed by atoms with Crippen LogP contribution in [0.5, 0.6) is 11.5 Å². The van der Waals surface area contributed by atoms with Crippen molar-refractivity contribution < 1.29 is 14.3 Å². The third-order valence-corrected chi connectivity index (χ3v) is 5.95. The van der Waals surface area contributed by atoms with E-state index in [1.807, 2.05) is 18.2 Å². The van der Waals surface area contributed by atoms with Crippen molar-refractivity contribution in [3.8, 4) is 22.1 Å². The van der Waals surface area contributed by atoms with Gasteiger partial charge in [-0.25, -0.2) is 4.98 Å². The van der Waals surface area contributed by atoms with Crippen LogP contribution in [0.25, 0.3) is 10.6 Å². The van der Waals surface area contributed by atoms with Gasteiger partial charge in [0.25, 0.3) is 5.91 Å². The number of fused-ring (bicyclic) bond motifs is 1. The third kappa shape index (κ3) is 3.27. The van der Waals surface area contributed by atoms with Crippen LogP contribution in [0.4, 0.5) is 5.13 Å². The minimum atomic E-state index is -0.244. The van der Waals surface area contributed by atoms with E-state index in [2.05, 4.69) is 41.3 Å². The Morgan fingerprint density at radius 1 is 1.15 bits per heavy atom. The lowest BCUT2D eigenvalue weighted by molar-refractivity contribution is 0.103. The van der Waals surface area contributed by atoms with E-state index in [-0.39, 0.29) is 18.1 Å². The molecule has 3 aromatic rings. The molecule has 1 aliphatic rings. The number of rotatable bonds is 3. The van der Waals surface area contributed by atoms with E-state index in [9.17, 15) is 4.79 Å². The normalized spacial score (nSPS) is 13.0. The molecule has 0 aliphatic carbocycles. The topological polar surface area (TPSA) is 86.2 Å². The quantitative estimate of drug-likeness (QED) is 0.731. The van der Waals surface area contributed by atoms with Gasteiger partial charge in [-0.05, 0) is 18.2 Å². The fraction of sp³-hybridized carbons (Fsp3) is 0.294. The Morgan fingerprint density at radius 2 is 1.96 bits per heavy atom. The first-order valence-corrected chi connectivity index (χ1v) is 9.54. The minimum Gasteiger partial charge on any atom is -0.454 e. The van der Waals surface area contributed by atoms with Crippen LogP contribution in [-0.4, -0.2) is 27.9 Å². The number of amides is 1. The summed E-state index contributed by atoms with van der Waals surface area (Å²) in [7, 11) is 0. The molecule has 1 aromatic carbocycles. The highest BCUT2D eigenvalue weighted by atomic mass is 32.1. The van der Waals surface area contributed by atoms with Gasteiger partial charge >= 0.3 is 0 Å². The number of carbonyl (C=O) groups is 1. The van der Waals surface area contributed by atoms with Gasteiger partial charge in [0.1, 0.15) is 14.9 Å².